The topological polar surface area (TPSA) is 101 Å². The number of nitrogens with one attached hydrogen (secondary N) is 2. The predicted octanol–water partition coefficient (Wildman–Crippen LogP) is 2.38. The molecule has 1 aromatic carbocycles. The van der Waals surface area contributed by atoms with Crippen molar-refractivity contribution in [3.05, 3.63) is 59.2 Å². The van der Waals surface area contributed by atoms with Crippen LogP contribution in [-0.2, 0) is 10.0 Å². The maximum Gasteiger partial charge on any atom is 0.269 e. The van der Waals surface area contributed by atoms with Gasteiger partial charge in [0.2, 0.25) is 0 Å². The number of hydrogen-bond acceptors (Lipinski definition) is 5. The van der Waals surface area contributed by atoms with Gasteiger partial charge in [-0.05, 0) is 44.5 Å². The number of hydrazine groups is 1. The summed E-state index contributed by atoms with van der Waals surface area (Å²) < 4.78 is 30.4. The average molecular weight is 359 g/mol. The molecule has 7 nitrogen and oxygen atoms in total. The number of carbonyl (C=O) groups excluding carboxylic acids is 1. The summed E-state index contributed by atoms with van der Waals surface area (Å²) in [4.78, 5) is 18.5. The van der Waals surface area contributed by atoms with Crippen LogP contribution in [0.25, 0.3) is 10.9 Å². The van der Waals surface area contributed by atoms with Gasteiger partial charge in [-0.15, -0.1) is 4.83 Å². The second-order valence-electron chi connectivity index (χ2n) is 5.73. The molecule has 0 saturated heterocycles. The van der Waals surface area contributed by atoms with Crippen molar-refractivity contribution in [3.63, 3.8) is 0 Å². The highest BCUT2D eigenvalue weighted by atomic mass is 32.2. The van der Waals surface area contributed by atoms with Gasteiger partial charge in [-0.1, -0.05) is 12.1 Å². The molecule has 0 fully saturated rings. The van der Waals surface area contributed by atoms with E-state index in [0.29, 0.717) is 22.4 Å². The van der Waals surface area contributed by atoms with E-state index in [-0.39, 0.29) is 10.5 Å². The van der Waals surface area contributed by atoms with E-state index >= 15 is 0 Å². The van der Waals surface area contributed by atoms with Crippen LogP contribution in [0.4, 0.5) is 0 Å². The standard InChI is InChI=1S/C17H17N3O4S/c1-10-7-13-5-4-6-15(16(13)18-9-10)25(22,23)20-19-17(21)14-8-11(2)24-12(14)3/h4-9,20H,1-3H3,(H,19,21). The number of nitrogens with zero attached hydrogens (tertiary/aromatic N) is 1. The fraction of sp³-hybridized carbons (Fsp3) is 0.176. The molecule has 0 radical (unpaired) electrons. The van der Waals surface area contributed by atoms with Gasteiger partial charge in [-0.2, -0.15) is 0 Å². The molecule has 3 rings (SSSR count). The Hall–Kier alpha value is -2.71. The second-order valence-corrected chi connectivity index (χ2v) is 7.38. The Morgan fingerprint density at radius 1 is 1.16 bits per heavy atom. The van der Waals surface area contributed by atoms with Crippen LogP contribution in [0, 0.1) is 20.8 Å². The number of benzene rings is 1. The summed E-state index contributed by atoms with van der Waals surface area (Å²) in [5.41, 5.74) is 3.74. The Kier molecular flexibility index (Phi) is 4.32. The monoisotopic (exact) mass is 359 g/mol. The number of sulfonamides is 1. The Balaban J connectivity index is 1.88. The number of rotatable bonds is 4. The molecule has 0 unspecified atom stereocenters. The van der Waals surface area contributed by atoms with Crippen LogP contribution in [0.5, 0.6) is 0 Å². The van der Waals surface area contributed by atoms with Gasteiger partial charge in [0.25, 0.3) is 15.9 Å². The molecule has 0 bridgehead atoms. The number of aryl methyl sites for hydroxylation is 3. The molecule has 130 valence electrons. The molecule has 25 heavy (non-hydrogen) atoms. The molecule has 0 aliphatic rings. The van der Waals surface area contributed by atoms with Gasteiger partial charge in [0, 0.05) is 11.6 Å². The molecular weight excluding hydrogens is 342 g/mol. The van der Waals surface area contributed by atoms with Crippen LogP contribution in [0.3, 0.4) is 0 Å². The van der Waals surface area contributed by atoms with Gasteiger partial charge in [-0.25, -0.2) is 8.42 Å². The second kappa shape index (κ2) is 6.30. The van der Waals surface area contributed by atoms with Crippen LogP contribution in [0.1, 0.15) is 27.4 Å². The first-order chi connectivity index (χ1) is 11.8. The van der Waals surface area contributed by atoms with Crippen LogP contribution >= 0.6 is 0 Å². The van der Waals surface area contributed by atoms with E-state index in [1.54, 1.807) is 38.2 Å². The van der Waals surface area contributed by atoms with Crippen molar-refractivity contribution in [2.24, 2.45) is 0 Å². The lowest BCUT2D eigenvalue weighted by Gasteiger charge is -2.10. The van der Waals surface area contributed by atoms with Crippen LogP contribution in [0.2, 0.25) is 0 Å². The highest BCUT2D eigenvalue weighted by molar-refractivity contribution is 7.89. The molecular formula is C17H17N3O4S. The molecule has 8 heteroatoms. The fourth-order valence-corrected chi connectivity index (χ4v) is 3.57. The van der Waals surface area contributed by atoms with Crippen molar-refractivity contribution in [3.8, 4) is 0 Å². The van der Waals surface area contributed by atoms with E-state index in [4.69, 9.17) is 4.42 Å². The number of hydrogen-bond donors (Lipinski definition) is 2. The van der Waals surface area contributed by atoms with Crippen LogP contribution in [-0.4, -0.2) is 19.3 Å². The number of pyridine rings is 1. The van der Waals surface area contributed by atoms with Crippen LogP contribution in [0.15, 0.2) is 45.8 Å². The van der Waals surface area contributed by atoms with E-state index in [2.05, 4.69) is 15.2 Å². The van der Waals surface area contributed by atoms with Crippen molar-refractivity contribution in [2.45, 2.75) is 25.7 Å². The van der Waals surface area contributed by atoms with E-state index < -0.39 is 15.9 Å². The van der Waals surface area contributed by atoms with E-state index in [9.17, 15) is 13.2 Å². The SMILES string of the molecule is Cc1cnc2c(S(=O)(=O)NNC(=O)c3cc(C)oc3C)cccc2c1. The quantitative estimate of drug-likeness (QED) is 0.697. The first-order valence-corrected chi connectivity index (χ1v) is 9.01. The number of fused-ring (bicyclic) bond motifs is 1. The van der Waals surface area contributed by atoms with Gasteiger partial charge in [0.05, 0.1) is 11.1 Å². The molecule has 1 amide bonds. The summed E-state index contributed by atoms with van der Waals surface area (Å²) in [5.74, 6) is 0.387. The maximum atomic E-state index is 12.6. The maximum absolute atomic E-state index is 12.6. The van der Waals surface area contributed by atoms with Gasteiger partial charge < -0.3 is 4.42 Å². The Labute approximate surface area is 145 Å². The predicted molar refractivity (Wildman–Crippen MR) is 92.4 cm³/mol. The Bertz CT molecular complexity index is 1070. The first kappa shape index (κ1) is 17.1. The van der Waals surface area contributed by atoms with Crippen molar-refractivity contribution in [2.75, 3.05) is 0 Å². The summed E-state index contributed by atoms with van der Waals surface area (Å²) in [6.45, 7) is 5.21. The molecule has 2 N–H and O–H groups in total. The zero-order chi connectivity index (χ0) is 18.2. The normalized spacial score (nSPS) is 11.6. The number of carbonyl (C=O) groups is 1. The lowest BCUT2D eigenvalue weighted by Crippen LogP contribution is -2.41. The third kappa shape index (κ3) is 3.40. The minimum Gasteiger partial charge on any atom is -0.466 e. The molecule has 2 heterocycles. The van der Waals surface area contributed by atoms with E-state index in [1.165, 1.54) is 6.07 Å². The van der Waals surface area contributed by atoms with Crippen molar-refractivity contribution in [1.82, 2.24) is 15.2 Å². The number of para-hydroxylation sites is 1. The lowest BCUT2D eigenvalue weighted by molar-refractivity contribution is 0.0943. The summed E-state index contributed by atoms with van der Waals surface area (Å²) in [6, 6.07) is 8.24. The van der Waals surface area contributed by atoms with Crippen molar-refractivity contribution < 1.29 is 17.6 Å². The number of amides is 1. The lowest BCUT2D eigenvalue weighted by atomic mass is 10.2. The summed E-state index contributed by atoms with van der Waals surface area (Å²) >= 11 is 0. The van der Waals surface area contributed by atoms with Crippen molar-refractivity contribution in [1.29, 1.82) is 0 Å². The number of aromatic nitrogens is 1. The smallest absolute Gasteiger partial charge is 0.269 e. The van der Waals surface area contributed by atoms with Gasteiger partial charge in [0.15, 0.2) is 0 Å². The third-order valence-electron chi connectivity index (χ3n) is 3.68. The zero-order valence-corrected chi connectivity index (χ0v) is 14.8. The highest BCUT2D eigenvalue weighted by Gasteiger charge is 2.21. The van der Waals surface area contributed by atoms with Crippen molar-refractivity contribution >= 4 is 26.8 Å². The largest absolute Gasteiger partial charge is 0.466 e. The Morgan fingerprint density at radius 2 is 1.92 bits per heavy atom. The average Bonchev–Trinajstić information content (AvgIpc) is 2.90. The van der Waals surface area contributed by atoms with Gasteiger partial charge in [-0.3, -0.25) is 15.2 Å². The highest BCUT2D eigenvalue weighted by Crippen LogP contribution is 2.21. The summed E-state index contributed by atoms with van der Waals surface area (Å²) in [5, 5.41) is 0.704. The Morgan fingerprint density at radius 3 is 2.60 bits per heavy atom. The zero-order valence-electron chi connectivity index (χ0n) is 14.0. The molecule has 0 atom stereocenters. The van der Waals surface area contributed by atoms with E-state index in [1.807, 2.05) is 13.0 Å². The molecule has 0 aliphatic carbocycles. The van der Waals surface area contributed by atoms with E-state index in [0.717, 1.165) is 5.56 Å². The molecule has 0 spiro atoms. The van der Waals surface area contributed by atoms with Gasteiger partial charge in [0.1, 0.15) is 16.4 Å². The molecule has 0 aliphatic heterocycles. The summed E-state index contributed by atoms with van der Waals surface area (Å²) in [6.07, 6.45) is 1.59. The molecule has 3 aromatic rings. The van der Waals surface area contributed by atoms with Crippen LogP contribution < -0.4 is 10.3 Å². The number of furan rings is 1. The minimum absolute atomic E-state index is 0.00889. The fourth-order valence-electron chi connectivity index (χ4n) is 2.55. The molecule has 2 aromatic heterocycles. The van der Waals surface area contributed by atoms with Gasteiger partial charge >= 0.3 is 0 Å². The summed E-state index contributed by atoms with van der Waals surface area (Å²) in [7, 11) is -3.98. The molecule has 0 saturated carbocycles. The first-order valence-electron chi connectivity index (χ1n) is 7.52. The third-order valence-corrected chi connectivity index (χ3v) is 4.96. The minimum atomic E-state index is -3.98.